The molecule has 1 rings (SSSR count). The molecule has 0 aliphatic heterocycles. The van der Waals surface area contributed by atoms with Crippen molar-refractivity contribution < 1.29 is 4.42 Å². The smallest absolute Gasteiger partial charge is 0.216 e. The Kier molecular flexibility index (Phi) is 8.33. The molecule has 1 heterocycles. The topological polar surface area (TPSA) is 53.7 Å². The number of nitrogens with one attached hydrogen (secondary N) is 1. The zero-order chi connectivity index (χ0) is 16.4. The van der Waals surface area contributed by atoms with E-state index in [1.807, 2.05) is 19.9 Å². The summed E-state index contributed by atoms with van der Waals surface area (Å²) in [5.74, 6) is 2.44. The van der Waals surface area contributed by atoms with E-state index in [0.717, 1.165) is 43.3 Å². The average Bonchev–Trinajstić information content (AvgIpc) is 2.81. The summed E-state index contributed by atoms with van der Waals surface area (Å²) in [4.78, 5) is 11.1. The Morgan fingerprint density at radius 1 is 1.36 bits per heavy atom. The molecule has 0 amide bonds. The van der Waals surface area contributed by atoms with Crippen molar-refractivity contribution in [1.82, 2.24) is 15.2 Å². The van der Waals surface area contributed by atoms with Gasteiger partial charge < -0.3 is 14.6 Å². The van der Waals surface area contributed by atoms with Gasteiger partial charge in [-0.1, -0.05) is 12.5 Å². The number of allylic oxidation sites excluding steroid dienone is 1. The Hall–Kier alpha value is -1.78. The largest absolute Gasteiger partial charge is 0.444 e. The Morgan fingerprint density at radius 3 is 2.73 bits per heavy atom. The number of rotatable bonds is 9. The van der Waals surface area contributed by atoms with Crippen molar-refractivity contribution in [3.63, 3.8) is 0 Å². The maximum atomic E-state index is 5.57. The minimum Gasteiger partial charge on any atom is -0.444 e. The van der Waals surface area contributed by atoms with Gasteiger partial charge >= 0.3 is 0 Å². The first kappa shape index (κ1) is 18.3. The molecule has 0 bridgehead atoms. The van der Waals surface area contributed by atoms with Crippen LogP contribution in [0.3, 0.4) is 0 Å². The number of aryl methyl sites for hydroxylation is 2. The van der Waals surface area contributed by atoms with Gasteiger partial charge in [0.1, 0.15) is 12.3 Å². The lowest BCUT2D eigenvalue weighted by atomic mass is 10.2. The molecular formula is C17H30N4O. The van der Waals surface area contributed by atoms with Crippen molar-refractivity contribution in [1.29, 1.82) is 0 Å². The molecule has 0 spiro atoms. The lowest BCUT2D eigenvalue weighted by molar-refractivity contribution is 0.447. The van der Waals surface area contributed by atoms with E-state index in [-0.39, 0.29) is 0 Å². The van der Waals surface area contributed by atoms with Crippen molar-refractivity contribution in [2.24, 2.45) is 4.99 Å². The molecule has 124 valence electrons. The van der Waals surface area contributed by atoms with Gasteiger partial charge in [-0.25, -0.2) is 9.98 Å². The summed E-state index contributed by atoms with van der Waals surface area (Å²) in [7, 11) is 2.07. The molecule has 0 aliphatic rings. The summed E-state index contributed by atoms with van der Waals surface area (Å²) >= 11 is 0. The molecule has 0 atom stereocenters. The molecule has 0 fully saturated rings. The van der Waals surface area contributed by atoms with Crippen molar-refractivity contribution in [3.05, 3.63) is 30.0 Å². The first-order chi connectivity index (χ1) is 10.6. The van der Waals surface area contributed by atoms with E-state index in [1.165, 1.54) is 12.8 Å². The van der Waals surface area contributed by atoms with Crippen LogP contribution in [0.15, 0.2) is 22.1 Å². The summed E-state index contributed by atoms with van der Waals surface area (Å²) in [5.41, 5.74) is 0.936. The molecule has 22 heavy (non-hydrogen) atoms. The van der Waals surface area contributed by atoms with E-state index in [0.29, 0.717) is 12.4 Å². The zero-order valence-corrected chi connectivity index (χ0v) is 14.5. The fraction of sp³-hybridized carbons (Fsp3) is 0.647. The van der Waals surface area contributed by atoms with Gasteiger partial charge in [0.05, 0.1) is 5.69 Å². The molecular weight excluding hydrogens is 276 g/mol. The molecule has 0 radical (unpaired) electrons. The van der Waals surface area contributed by atoms with Gasteiger partial charge in [-0.05, 0) is 40.0 Å². The predicted molar refractivity (Wildman–Crippen MR) is 92.1 cm³/mol. The second-order valence-electron chi connectivity index (χ2n) is 5.48. The van der Waals surface area contributed by atoms with Crippen molar-refractivity contribution in [3.8, 4) is 0 Å². The van der Waals surface area contributed by atoms with E-state index in [2.05, 4.69) is 40.7 Å². The predicted octanol–water partition coefficient (Wildman–Crippen LogP) is 3.44. The molecule has 0 saturated heterocycles. The number of aromatic nitrogens is 1. The van der Waals surface area contributed by atoms with Crippen LogP contribution in [0.5, 0.6) is 0 Å². The molecule has 0 saturated carbocycles. The number of unbranched alkanes of at least 4 members (excludes halogenated alkanes) is 3. The molecule has 1 N–H and O–H groups in total. The highest BCUT2D eigenvalue weighted by Crippen LogP contribution is 2.09. The number of aliphatic imine (C=N–C) groups is 1. The molecule has 1 aromatic heterocycles. The van der Waals surface area contributed by atoms with E-state index < -0.39 is 0 Å². The summed E-state index contributed by atoms with van der Waals surface area (Å²) in [5, 5.41) is 3.32. The Bertz CT molecular complexity index is 460. The Morgan fingerprint density at radius 2 is 2.14 bits per heavy atom. The summed E-state index contributed by atoms with van der Waals surface area (Å²) in [6, 6.07) is 0. The highest BCUT2D eigenvalue weighted by molar-refractivity contribution is 5.79. The number of hydrogen-bond acceptors (Lipinski definition) is 3. The third kappa shape index (κ3) is 6.33. The first-order valence-corrected chi connectivity index (χ1v) is 8.11. The summed E-state index contributed by atoms with van der Waals surface area (Å²) in [6.45, 7) is 12.0. The highest BCUT2D eigenvalue weighted by Gasteiger charge is 2.08. The van der Waals surface area contributed by atoms with Crippen LogP contribution in [-0.4, -0.2) is 36.0 Å². The number of oxazole rings is 1. The maximum Gasteiger partial charge on any atom is 0.216 e. The van der Waals surface area contributed by atoms with Gasteiger partial charge in [0.25, 0.3) is 0 Å². The van der Waals surface area contributed by atoms with Crippen LogP contribution in [0.1, 0.15) is 50.0 Å². The fourth-order valence-corrected chi connectivity index (χ4v) is 2.14. The third-order valence-corrected chi connectivity index (χ3v) is 3.54. The van der Waals surface area contributed by atoms with Crippen molar-refractivity contribution in [2.45, 2.75) is 53.0 Å². The Labute approximate surface area is 134 Å². The quantitative estimate of drug-likeness (QED) is 0.329. The zero-order valence-electron chi connectivity index (χ0n) is 14.5. The van der Waals surface area contributed by atoms with Crippen LogP contribution < -0.4 is 5.32 Å². The van der Waals surface area contributed by atoms with Crippen molar-refractivity contribution in [2.75, 3.05) is 20.1 Å². The van der Waals surface area contributed by atoms with Gasteiger partial charge in [0.2, 0.25) is 5.89 Å². The molecule has 5 heteroatoms. The van der Waals surface area contributed by atoms with E-state index >= 15 is 0 Å². The average molecular weight is 306 g/mol. The lowest BCUT2D eigenvalue weighted by Gasteiger charge is -2.21. The summed E-state index contributed by atoms with van der Waals surface area (Å²) in [6.07, 6.45) is 6.66. The third-order valence-electron chi connectivity index (χ3n) is 3.54. The van der Waals surface area contributed by atoms with Crippen molar-refractivity contribution >= 4 is 5.96 Å². The van der Waals surface area contributed by atoms with E-state index in [9.17, 15) is 0 Å². The summed E-state index contributed by atoms with van der Waals surface area (Å²) < 4.78 is 5.57. The van der Waals surface area contributed by atoms with Crippen LogP contribution in [0.2, 0.25) is 0 Å². The van der Waals surface area contributed by atoms with Gasteiger partial charge in [0.15, 0.2) is 5.96 Å². The second-order valence-corrected chi connectivity index (χ2v) is 5.48. The highest BCUT2D eigenvalue weighted by atomic mass is 16.4. The van der Waals surface area contributed by atoms with Crippen LogP contribution in [-0.2, 0) is 6.54 Å². The van der Waals surface area contributed by atoms with Crippen LogP contribution in [0.4, 0.5) is 0 Å². The molecule has 0 unspecified atom stereocenters. The number of hydrogen-bond donors (Lipinski definition) is 1. The lowest BCUT2D eigenvalue weighted by Crippen LogP contribution is -2.39. The number of guanidine groups is 1. The van der Waals surface area contributed by atoms with E-state index in [1.54, 1.807) is 0 Å². The van der Waals surface area contributed by atoms with Gasteiger partial charge in [-0.15, -0.1) is 6.58 Å². The van der Waals surface area contributed by atoms with Crippen LogP contribution in [0.25, 0.3) is 0 Å². The van der Waals surface area contributed by atoms with Crippen LogP contribution in [0, 0.1) is 13.8 Å². The van der Waals surface area contributed by atoms with Gasteiger partial charge in [0, 0.05) is 20.1 Å². The monoisotopic (exact) mass is 306 g/mol. The molecule has 0 aromatic carbocycles. The normalized spacial score (nSPS) is 11.5. The minimum atomic E-state index is 0.470. The van der Waals surface area contributed by atoms with E-state index in [4.69, 9.17) is 4.42 Å². The molecule has 1 aromatic rings. The maximum absolute atomic E-state index is 5.57. The SMILES string of the molecule is C=CCCCCCN(C)C(=NCc1nc(C)c(C)o1)NCC. The van der Waals surface area contributed by atoms with Crippen LogP contribution >= 0.6 is 0 Å². The first-order valence-electron chi connectivity index (χ1n) is 8.11. The minimum absolute atomic E-state index is 0.470. The number of nitrogens with zero attached hydrogens (tertiary/aromatic N) is 3. The second kappa shape index (κ2) is 10.0. The molecule has 0 aliphatic carbocycles. The standard InChI is InChI=1S/C17H30N4O/c1-6-8-9-10-11-12-21(5)17(18-7-2)19-13-16-20-14(3)15(4)22-16/h6H,1,7-13H2,2-5H3,(H,18,19). The fourth-order valence-electron chi connectivity index (χ4n) is 2.14. The van der Waals surface area contributed by atoms with Gasteiger partial charge in [-0.2, -0.15) is 0 Å². The van der Waals surface area contributed by atoms with Gasteiger partial charge in [-0.3, -0.25) is 0 Å². The Balaban J connectivity index is 2.51. The molecule has 5 nitrogen and oxygen atoms in total.